The van der Waals surface area contributed by atoms with Crippen LogP contribution in [0, 0.1) is 0 Å². The number of para-hydroxylation sites is 1. The number of hydrogen-bond donors (Lipinski definition) is 1. The summed E-state index contributed by atoms with van der Waals surface area (Å²) in [6.07, 6.45) is 0. The molecule has 0 saturated carbocycles. The number of fused-ring (bicyclic) bond motifs is 1. The molecule has 0 radical (unpaired) electrons. The zero-order valence-electron chi connectivity index (χ0n) is 16.3. The molecule has 2 aromatic carbocycles. The molecular formula is C21H21ClN2O5S. The van der Waals surface area contributed by atoms with Gasteiger partial charge in [0.2, 0.25) is 10.0 Å². The van der Waals surface area contributed by atoms with Crippen molar-refractivity contribution in [2.75, 3.05) is 26.3 Å². The fourth-order valence-corrected chi connectivity index (χ4v) is 4.97. The van der Waals surface area contributed by atoms with Crippen molar-refractivity contribution in [3.8, 4) is 0 Å². The molecule has 1 amide bonds. The molecule has 1 fully saturated rings. The van der Waals surface area contributed by atoms with Crippen LogP contribution in [0.4, 0.5) is 0 Å². The molecule has 1 saturated heterocycles. The number of amides is 1. The number of furan rings is 1. The Morgan fingerprint density at radius 2 is 1.87 bits per heavy atom. The molecule has 9 heteroatoms. The SMILES string of the molecule is CC(NC(=O)c1cc(S(=O)(=O)N2CCOCC2)ccc1Cl)c1cc2ccccc2o1. The molecule has 7 nitrogen and oxygen atoms in total. The first-order chi connectivity index (χ1) is 14.4. The van der Waals surface area contributed by atoms with E-state index >= 15 is 0 Å². The molecule has 1 atom stereocenters. The van der Waals surface area contributed by atoms with Gasteiger partial charge in [-0.2, -0.15) is 4.31 Å². The highest BCUT2D eigenvalue weighted by atomic mass is 35.5. The number of benzene rings is 2. The van der Waals surface area contributed by atoms with E-state index in [0.29, 0.717) is 19.0 Å². The Balaban J connectivity index is 1.57. The van der Waals surface area contributed by atoms with Gasteiger partial charge in [0.1, 0.15) is 11.3 Å². The molecule has 30 heavy (non-hydrogen) atoms. The minimum atomic E-state index is -3.74. The van der Waals surface area contributed by atoms with Gasteiger partial charge >= 0.3 is 0 Å². The molecule has 0 aliphatic carbocycles. The van der Waals surface area contributed by atoms with Crippen LogP contribution in [0.15, 0.2) is 57.8 Å². The first kappa shape index (κ1) is 20.9. The smallest absolute Gasteiger partial charge is 0.253 e. The van der Waals surface area contributed by atoms with Gasteiger partial charge in [-0.1, -0.05) is 29.8 Å². The number of morpholine rings is 1. The topological polar surface area (TPSA) is 88.9 Å². The van der Waals surface area contributed by atoms with Gasteiger partial charge in [-0.25, -0.2) is 8.42 Å². The van der Waals surface area contributed by atoms with Gasteiger partial charge in [-0.05, 0) is 37.3 Å². The molecule has 1 aliphatic heterocycles. The van der Waals surface area contributed by atoms with E-state index in [2.05, 4.69) is 5.32 Å². The minimum Gasteiger partial charge on any atom is -0.459 e. The highest BCUT2D eigenvalue weighted by Gasteiger charge is 2.28. The second-order valence-electron chi connectivity index (χ2n) is 7.04. The van der Waals surface area contributed by atoms with Crippen LogP contribution in [0.25, 0.3) is 11.0 Å². The average Bonchev–Trinajstić information content (AvgIpc) is 3.19. The molecule has 0 bridgehead atoms. The number of carbonyl (C=O) groups is 1. The number of nitrogens with one attached hydrogen (secondary N) is 1. The monoisotopic (exact) mass is 448 g/mol. The molecule has 4 rings (SSSR count). The second-order valence-corrected chi connectivity index (χ2v) is 9.38. The maximum atomic E-state index is 12.9. The lowest BCUT2D eigenvalue weighted by Gasteiger charge is -2.26. The van der Waals surface area contributed by atoms with Crippen LogP contribution in [-0.4, -0.2) is 44.9 Å². The van der Waals surface area contributed by atoms with Crippen molar-refractivity contribution in [1.82, 2.24) is 9.62 Å². The van der Waals surface area contributed by atoms with Crippen LogP contribution in [-0.2, 0) is 14.8 Å². The predicted octanol–water partition coefficient (Wildman–Crippen LogP) is 3.60. The van der Waals surface area contributed by atoms with Crippen molar-refractivity contribution in [2.45, 2.75) is 17.9 Å². The molecule has 3 aromatic rings. The van der Waals surface area contributed by atoms with E-state index in [9.17, 15) is 13.2 Å². The Labute approximate surface area is 179 Å². The summed E-state index contributed by atoms with van der Waals surface area (Å²) >= 11 is 6.21. The first-order valence-electron chi connectivity index (χ1n) is 9.53. The number of ether oxygens (including phenoxy) is 1. The van der Waals surface area contributed by atoms with Gasteiger partial charge in [-0.3, -0.25) is 4.79 Å². The Hall–Kier alpha value is -2.39. The van der Waals surface area contributed by atoms with Crippen molar-refractivity contribution >= 4 is 38.5 Å². The quantitative estimate of drug-likeness (QED) is 0.644. The van der Waals surface area contributed by atoms with Crippen LogP contribution in [0.2, 0.25) is 5.02 Å². The molecule has 1 N–H and O–H groups in total. The standard InChI is InChI=1S/C21H21ClN2O5S/c1-14(20-12-15-4-2-3-5-19(15)29-20)23-21(25)17-13-16(6-7-18(17)22)30(26,27)24-8-10-28-11-9-24/h2-7,12-14H,8-11H2,1H3,(H,23,25). The van der Waals surface area contributed by atoms with Crippen molar-refractivity contribution in [3.05, 3.63) is 64.9 Å². The Morgan fingerprint density at radius 3 is 2.60 bits per heavy atom. The molecule has 2 heterocycles. The number of sulfonamides is 1. The van der Waals surface area contributed by atoms with E-state index < -0.39 is 22.0 Å². The zero-order chi connectivity index (χ0) is 21.3. The third-order valence-electron chi connectivity index (χ3n) is 5.01. The van der Waals surface area contributed by atoms with Gasteiger partial charge in [0, 0.05) is 18.5 Å². The second kappa shape index (κ2) is 8.39. The number of carbonyl (C=O) groups excluding carboxylic acids is 1. The van der Waals surface area contributed by atoms with Crippen LogP contribution in [0.5, 0.6) is 0 Å². The number of hydrogen-bond acceptors (Lipinski definition) is 5. The lowest BCUT2D eigenvalue weighted by atomic mass is 10.1. The summed E-state index contributed by atoms with van der Waals surface area (Å²) in [5.41, 5.74) is 0.819. The third-order valence-corrected chi connectivity index (χ3v) is 7.23. The summed E-state index contributed by atoms with van der Waals surface area (Å²) in [6.45, 7) is 3.02. The number of halogens is 1. The molecule has 158 valence electrons. The maximum absolute atomic E-state index is 12.9. The Kier molecular flexibility index (Phi) is 5.84. The fourth-order valence-electron chi connectivity index (χ4n) is 3.34. The predicted molar refractivity (Wildman–Crippen MR) is 113 cm³/mol. The van der Waals surface area contributed by atoms with Crippen LogP contribution in [0.3, 0.4) is 0 Å². The Bertz CT molecular complexity index is 1150. The van der Waals surface area contributed by atoms with E-state index in [1.165, 1.54) is 22.5 Å². The lowest BCUT2D eigenvalue weighted by Crippen LogP contribution is -2.40. The summed E-state index contributed by atoms with van der Waals surface area (Å²) in [5, 5.41) is 3.93. The van der Waals surface area contributed by atoms with Gasteiger partial charge in [0.05, 0.1) is 34.7 Å². The largest absolute Gasteiger partial charge is 0.459 e. The summed E-state index contributed by atoms with van der Waals surface area (Å²) in [4.78, 5) is 12.9. The van der Waals surface area contributed by atoms with Crippen LogP contribution in [0.1, 0.15) is 29.1 Å². The summed E-state index contributed by atoms with van der Waals surface area (Å²) in [5.74, 6) is 0.116. The van der Waals surface area contributed by atoms with Crippen molar-refractivity contribution in [2.24, 2.45) is 0 Å². The van der Waals surface area contributed by atoms with Crippen LogP contribution < -0.4 is 5.32 Å². The summed E-state index contributed by atoms with van der Waals surface area (Å²) in [6, 6.07) is 13.1. The highest BCUT2D eigenvalue weighted by molar-refractivity contribution is 7.89. The third kappa shape index (κ3) is 4.09. The molecule has 0 spiro atoms. The van der Waals surface area contributed by atoms with E-state index in [4.69, 9.17) is 20.8 Å². The normalized spacial score (nSPS) is 16.5. The van der Waals surface area contributed by atoms with Gasteiger partial charge < -0.3 is 14.5 Å². The molecular weight excluding hydrogens is 428 g/mol. The van der Waals surface area contributed by atoms with Gasteiger partial charge in [-0.15, -0.1) is 0 Å². The fraction of sp³-hybridized carbons (Fsp3) is 0.286. The minimum absolute atomic E-state index is 0.0235. The average molecular weight is 449 g/mol. The molecule has 1 aliphatic rings. The van der Waals surface area contributed by atoms with Gasteiger partial charge in [0.25, 0.3) is 5.91 Å². The molecule has 1 unspecified atom stereocenters. The first-order valence-corrected chi connectivity index (χ1v) is 11.3. The Morgan fingerprint density at radius 1 is 1.13 bits per heavy atom. The maximum Gasteiger partial charge on any atom is 0.253 e. The highest BCUT2D eigenvalue weighted by Crippen LogP contribution is 2.26. The zero-order valence-corrected chi connectivity index (χ0v) is 17.9. The molecule has 1 aromatic heterocycles. The number of nitrogens with zero attached hydrogens (tertiary/aromatic N) is 1. The summed E-state index contributed by atoms with van der Waals surface area (Å²) in [7, 11) is -3.74. The van der Waals surface area contributed by atoms with E-state index in [0.717, 1.165) is 11.0 Å². The van der Waals surface area contributed by atoms with Gasteiger partial charge in [0.15, 0.2) is 0 Å². The van der Waals surface area contributed by atoms with Crippen molar-refractivity contribution in [3.63, 3.8) is 0 Å². The van der Waals surface area contributed by atoms with E-state index in [1.807, 2.05) is 30.3 Å². The van der Waals surface area contributed by atoms with E-state index in [-0.39, 0.29) is 28.6 Å². The van der Waals surface area contributed by atoms with E-state index in [1.54, 1.807) is 6.92 Å². The van der Waals surface area contributed by atoms with Crippen LogP contribution >= 0.6 is 11.6 Å². The summed E-state index contributed by atoms with van der Waals surface area (Å²) < 4.78 is 38.2. The van der Waals surface area contributed by atoms with Crippen molar-refractivity contribution in [1.29, 1.82) is 0 Å². The number of rotatable bonds is 5. The van der Waals surface area contributed by atoms with Crippen molar-refractivity contribution < 1.29 is 22.4 Å². The lowest BCUT2D eigenvalue weighted by molar-refractivity contribution is 0.0730.